The van der Waals surface area contributed by atoms with Crippen molar-refractivity contribution >= 4 is 9.84 Å². The van der Waals surface area contributed by atoms with Gasteiger partial charge in [0, 0.05) is 6.04 Å². The SMILES string of the molecule is NC(C1CCC1)C1CCS1(=O)=O. The molecule has 1 saturated carbocycles. The molecule has 3 nitrogen and oxygen atoms in total. The summed E-state index contributed by atoms with van der Waals surface area (Å²) in [4.78, 5) is 0. The molecule has 1 heterocycles. The molecule has 0 aromatic carbocycles. The van der Waals surface area contributed by atoms with Gasteiger partial charge < -0.3 is 5.73 Å². The Balaban J connectivity index is 2.00. The highest BCUT2D eigenvalue weighted by atomic mass is 32.2. The molecule has 12 heavy (non-hydrogen) atoms. The fraction of sp³-hybridized carbons (Fsp3) is 1.00. The van der Waals surface area contributed by atoms with E-state index in [0.29, 0.717) is 11.7 Å². The Kier molecular flexibility index (Phi) is 1.92. The molecule has 0 amide bonds. The van der Waals surface area contributed by atoms with Crippen LogP contribution >= 0.6 is 0 Å². The van der Waals surface area contributed by atoms with Crippen LogP contribution in [-0.4, -0.2) is 25.5 Å². The van der Waals surface area contributed by atoms with E-state index in [4.69, 9.17) is 5.73 Å². The fourth-order valence-electron chi connectivity index (χ4n) is 2.01. The maximum Gasteiger partial charge on any atom is 0.154 e. The zero-order chi connectivity index (χ0) is 8.77. The first-order valence-electron chi connectivity index (χ1n) is 4.58. The van der Waals surface area contributed by atoms with Crippen LogP contribution in [0, 0.1) is 5.92 Å². The molecule has 2 N–H and O–H groups in total. The zero-order valence-electron chi connectivity index (χ0n) is 7.07. The van der Waals surface area contributed by atoms with Crippen LogP contribution in [0.1, 0.15) is 25.7 Å². The Bertz CT molecular complexity index is 269. The molecule has 2 fully saturated rings. The third-order valence-electron chi connectivity index (χ3n) is 3.27. The first-order chi connectivity index (χ1) is 5.61. The second-order valence-corrected chi connectivity index (χ2v) is 6.30. The number of hydrogen-bond acceptors (Lipinski definition) is 3. The van der Waals surface area contributed by atoms with Gasteiger partial charge in [-0.15, -0.1) is 0 Å². The molecule has 1 saturated heterocycles. The molecule has 2 rings (SSSR count). The lowest BCUT2D eigenvalue weighted by atomic mass is 9.78. The van der Waals surface area contributed by atoms with E-state index in [0.717, 1.165) is 19.3 Å². The minimum absolute atomic E-state index is 0.0718. The minimum atomic E-state index is -2.77. The summed E-state index contributed by atoms with van der Waals surface area (Å²) in [7, 11) is -2.77. The molecular formula is C8H15NO2S. The lowest BCUT2D eigenvalue weighted by Gasteiger charge is -2.39. The van der Waals surface area contributed by atoms with Crippen molar-refractivity contribution in [1.82, 2.24) is 0 Å². The average Bonchev–Trinajstić information content (AvgIpc) is 1.81. The molecule has 0 aromatic rings. The predicted octanol–water partition coefficient (Wildman–Crippen LogP) is 0.301. The molecule has 1 aliphatic heterocycles. The Morgan fingerprint density at radius 2 is 1.92 bits per heavy atom. The zero-order valence-corrected chi connectivity index (χ0v) is 7.89. The number of hydrogen-bond donors (Lipinski definition) is 1. The van der Waals surface area contributed by atoms with Crippen molar-refractivity contribution in [2.24, 2.45) is 11.7 Å². The van der Waals surface area contributed by atoms with E-state index in [-0.39, 0.29) is 11.3 Å². The summed E-state index contributed by atoms with van der Waals surface area (Å²) in [6.07, 6.45) is 4.28. The summed E-state index contributed by atoms with van der Waals surface area (Å²) in [5.74, 6) is 0.850. The van der Waals surface area contributed by atoms with Crippen LogP contribution in [0.4, 0.5) is 0 Å². The van der Waals surface area contributed by atoms with Crippen molar-refractivity contribution in [2.75, 3.05) is 5.75 Å². The lowest BCUT2D eigenvalue weighted by molar-refractivity contribution is 0.248. The molecule has 0 radical (unpaired) electrons. The molecule has 70 valence electrons. The van der Waals surface area contributed by atoms with E-state index in [9.17, 15) is 8.42 Å². The van der Waals surface area contributed by atoms with Crippen LogP contribution in [0.25, 0.3) is 0 Å². The first kappa shape index (κ1) is 8.51. The van der Waals surface area contributed by atoms with E-state index in [1.54, 1.807) is 0 Å². The summed E-state index contributed by atoms with van der Waals surface area (Å²) in [6, 6.07) is -0.0718. The van der Waals surface area contributed by atoms with Gasteiger partial charge in [0.15, 0.2) is 9.84 Å². The second-order valence-electron chi connectivity index (χ2n) is 3.96. The van der Waals surface area contributed by atoms with Crippen LogP contribution in [0.15, 0.2) is 0 Å². The monoisotopic (exact) mass is 189 g/mol. The van der Waals surface area contributed by atoms with Crippen molar-refractivity contribution < 1.29 is 8.42 Å². The molecule has 2 atom stereocenters. The van der Waals surface area contributed by atoms with E-state index in [2.05, 4.69) is 0 Å². The van der Waals surface area contributed by atoms with E-state index in [1.807, 2.05) is 0 Å². The van der Waals surface area contributed by atoms with Gasteiger partial charge in [0.1, 0.15) is 0 Å². The average molecular weight is 189 g/mol. The highest BCUT2D eigenvalue weighted by molar-refractivity contribution is 7.93. The van der Waals surface area contributed by atoms with E-state index >= 15 is 0 Å². The quantitative estimate of drug-likeness (QED) is 0.679. The van der Waals surface area contributed by atoms with Crippen LogP contribution in [0.2, 0.25) is 0 Å². The Labute approximate surface area is 73.2 Å². The largest absolute Gasteiger partial charge is 0.326 e. The van der Waals surface area contributed by atoms with Crippen molar-refractivity contribution in [3.8, 4) is 0 Å². The number of sulfone groups is 1. The molecule has 2 unspecified atom stereocenters. The number of rotatable bonds is 2. The Hall–Kier alpha value is -0.0900. The Morgan fingerprint density at radius 3 is 2.17 bits per heavy atom. The van der Waals surface area contributed by atoms with Gasteiger partial charge in [-0.25, -0.2) is 8.42 Å². The van der Waals surface area contributed by atoms with Crippen LogP contribution < -0.4 is 5.73 Å². The molecule has 0 spiro atoms. The molecule has 2 aliphatic rings. The highest BCUT2D eigenvalue weighted by Gasteiger charge is 2.43. The summed E-state index contributed by atoms with van der Waals surface area (Å²) in [5, 5.41) is -0.206. The van der Waals surface area contributed by atoms with E-state index < -0.39 is 9.84 Å². The standard InChI is InChI=1S/C8H15NO2S/c9-8(6-2-1-3-6)7-4-5-12(7,10)11/h6-8H,1-5,9H2. The maximum absolute atomic E-state index is 11.2. The van der Waals surface area contributed by atoms with Gasteiger partial charge >= 0.3 is 0 Å². The van der Waals surface area contributed by atoms with Gasteiger partial charge in [-0.1, -0.05) is 6.42 Å². The third kappa shape index (κ3) is 1.17. The van der Waals surface area contributed by atoms with Crippen LogP contribution in [-0.2, 0) is 9.84 Å². The molecule has 0 aromatic heterocycles. The summed E-state index contributed by atoms with van der Waals surface area (Å²) >= 11 is 0. The summed E-state index contributed by atoms with van der Waals surface area (Å²) in [6.45, 7) is 0. The molecule has 4 heteroatoms. The molecule has 0 bridgehead atoms. The van der Waals surface area contributed by atoms with Gasteiger partial charge in [-0.3, -0.25) is 0 Å². The predicted molar refractivity (Wildman–Crippen MR) is 47.5 cm³/mol. The van der Waals surface area contributed by atoms with Crippen LogP contribution in [0.5, 0.6) is 0 Å². The van der Waals surface area contributed by atoms with Gasteiger partial charge in [-0.2, -0.15) is 0 Å². The highest BCUT2D eigenvalue weighted by Crippen LogP contribution is 2.35. The van der Waals surface area contributed by atoms with Crippen molar-refractivity contribution in [3.63, 3.8) is 0 Å². The second kappa shape index (κ2) is 2.70. The Morgan fingerprint density at radius 1 is 1.25 bits per heavy atom. The molecular weight excluding hydrogens is 174 g/mol. The third-order valence-corrected chi connectivity index (χ3v) is 5.55. The number of nitrogens with two attached hydrogens (primary N) is 1. The van der Waals surface area contributed by atoms with Crippen molar-refractivity contribution in [2.45, 2.75) is 37.0 Å². The van der Waals surface area contributed by atoms with Gasteiger partial charge in [-0.05, 0) is 25.2 Å². The minimum Gasteiger partial charge on any atom is -0.326 e. The molecule has 1 aliphatic carbocycles. The van der Waals surface area contributed by atoms with E-state index in [1.165, 1.54) is 6.42 Å². The maximum atomic E-state index is 11.2. The van der Waals surface area contributed by atoms with Crippen molar-refractivity contribution in [1.29, 1.82) is 0 Å². The normalized spacial score (nSPS) is 36.6. The van der Waals surface area contributed by atoms with Crippen LogP contribution in [0.3, 0.4) is 0 Å². The van der Waals surface area contributed by atoms with Crippen molar-refractivity contribution in [3.05, 3.63) is 0 Å². The first-order valence-corrected chi connectivity index (χ1v) is 6.30. The smallest absolute Gasteiger partial charge is 0.154 e. The topological polar surface area (TPSA) is 60.2 Å². The fourth-order valence-corrected chi connectivity index (χ4v) is 3.60. The van der Waals surface area contributed by atoms with Gasteiger partial charge in [0.25, 0.3) is 0 Å². The summed E-state index contributed by atoms with van der Waals surface area (Å²) in [5.41, 5.74) is 5.88. The summed E-state index contributed by atoms with van der Waals surface area (Å²) < 4.78 is 22.4. The van der Waals surface area contributed by atoms with Gasteiger partial charge in [0.2, 0.25) is 0 Å². The lowest BCUT2D eigenvalue weighted by Crippen LogP contribution is -2.54. The van der Waals surface area contributed by atoms with Gasteiger partial charge in [0.05, 0.1) is 11.0 Å².